The van der Waals surface area contributed by atoms with Gasteiger partial charge in [-0.1, -0.05) is 27.4 Å². The third-order valence-corrected chi connectivity index (χ3v) is 3.22. The summed E-state index contributed by atoms with van der Waals surface area (Å²) in [5.74, 6) is 2.33. The van der Waals surface area contributed by atoms with E-state index in [0.29, 0.717) is 6.10 Å². The van der Waals surface area contributed by atoms with Gasteiger partial charge >= 0.3 is 0 Å². The van der Waals surface area contributed by atoms with E-state index >= 15 is 0 Å². The van der Waals surface area contributed by atoms with E-state index in [1.54, 1.807) is 6.26 Å². The quantitative estimate of drug-likeness (QED) is 0.606. The van der Waals surface area contributed by atoms with E-state index in [9.17, 15) is 0 Å². The molecule has 1 rings (SSSR count). The second-order valence-electron chi connectivity index (χ2n) is 4.67. The number of hydrogen-bond donors (Lipinski definition) is 0. The number of hydrogen-bond acceptors (Lipinski definition) is 1. The van der Waals surface area contributed by atoms with Crippen LogP contribution in [-0.4, -0.2) is 6.10 Å². The van der Waals surface area contributed by atoms with Crippen molar-refractivity contribution >= 4 is 0 Å². The Morgan fingerprint density at radius 3 is 2.62 bits per heavy atom. The van der Waals surface area contributed by atoms with Gasteiger partial charge in [-0.2, -0.15) is 0 Å². The molecule has 3 atom stereocenters. The van der Waals surface area contributed by atoms with Crippen LogP contribution >= 0.6 is 0 Å². The summed E-state index contributed by atoms with van der Waals surface area (Å²) in [7, 11) is 0. The SMILES string of the molecule is C=COC1CCC(C)CC1C(C)C. The van der Waals surface area contributed by atoms with Gasteiger partial charge in [-0.15, -0.1) is 0 Å². The summed E-state index contributed by atoms with van der Waals surface area (Å²) >= 11 is 0. The van der Waals surface area contributed by atoms with Crippen molar-refractivity contribution in [3.63, 3.8) is 0 Å². The Kier molecular flexibility index (Phi) is 3.83. The van der Waals surface area contributed by atoms with Crippen LogP contribution in [0.15, 0.2) is 12.8 Å². The molecule has 0 N–H and O–H groups in total. The molecule has 76 valence electrons. The van der Waals surface area contributed by atoms with E-state index < -0.39 is 0 Å². The molecule has 0 bridgehead atoms. The van der Waals surface area contributed by atoms with E-state index in [2.05, 4.69) is 27.4 Å². The maximum Gasteiger partial charge on any atom is 0.101 e. The van der Waals surface area contributed by atoms with E-state index in [1.165, 1.54) is 19.3 Å². The van der Waals surface area contributed by atoms with Crippen molar-refractivity contribution in [1.29, 1.82) is 0 Å². The molecule has 0 aliphatic heterocycles. The topological polar surface area (TPSA) is 9.23 Å². The third-order valence-electron chi connectivity index (χ3n) is 3.22. The fourth-order valence-electron chi connectivity index (χ4n) is 2.39. The van der Waals surface area contributed by atoms with Crippen molar-refractivity contribution in [1.82, 2.24) is 0 Å². The summed E-state index contributed by atoms with van der Waals surface area (Å²) < 4.78 is 5.57. The smallest absolute Gasteiger partial charge is 0.101 e. The van der Waals surface area contributed by atoms with E-state index in [4.69, 9.17) is 4.74 Å². The lowest BCUT2D eigenvalue weighted by atomic mass is 9.75. The minimum Gasteiger partial charge on any atom is -0.498 e. The third kappa shape index (κ3) is 2.75. The molecule has 0 radical (unpaired) electrons. The second kappa shape index (κ2) is 4.69. The zero-order valence-electron chi connectivity index (χ0n) is 9.12. The van der Waals surface area contributed by atoms with Crippen molar-refractivity contribution in [2.24, 2.45) is 17.8 Å². The zero-order valence-corrected chi connectivity index (χ0v) is 9.12. The maximum absolute atomic E-state index is 5.57. The summed E-state index contributed by atoms with van der Waals surface area (Å²) in [6.07, 6.45) is 5.86. The van der Waals surface area contributed by atoms with Gasteiger partial charge in [0.25, 0.3) is 0 Å². The lowest BCUT2D eigenvalue weighted by Gasteiger charge is -2.36. The first-order chi connectivity index (χ1) is 6.15. The van der Waals surface area contributed by atoms with Crippen LogP contribution < -0.4 is 0 Å². The molecule has 0 heterocycles. The Hall–Kier alpha value is -0.460. The highest BCUT2D eigenvalue weighted by Crippen LogP contribution is 2.35. The average Bonchev–Trinajstić information content (AvgIpc) is 2.08. The summed E-state index contributed by atoms with van der Waals surface area (Å²) in [5.41, 5.74) is 0. The van der Waals surface area contributed by atoms with Crippen LogP contribution in [0, 0.1) is 17.8 Å². The number of ether oxygens (including phenoxy) is 1. The van der Waals surface area contributed by atoms with Crippen molar-refractivity contribution in [2.75, 3.05) is 0 Å². The van der Waals surface area contributed by atoms with Gasteiger partial charge in [-0.05, 0) is 37.0 Å². The van der Waals surface area contributed by atoms with Crippen LogP contribution in [0.25, 0.3) is 0 Å². The van der Waals surface area contributed by atoms with Gasteiger partial charge in [-0.3, -0.25) is 0 Å². The molecule has 0 aromatic heterocycles. The van der Waals surface area contributed by atoms with Gasteiger partial charge in [0.1, 0.15) is 6.10 Å². The van der Waals surface area contributed by atoms with Crippen LogP contribution in [-0.2, 0) is 4.74 Å². The van der Waals surface area contributed by atoms with Crippen LogP contribution in [0.5, 0.6) is 0 Å². The average molecular weight is 182 g/mol. The first-order valence-electron chi connectivity index (χ1n) is 5.41. The summed E-state index contributed by atoms with van der Waals surface area (Å²) in [5, 5.41) is 0. The number of rotatable bonds is 3. The fraction of sp³-hybridized carbons (Fsp3) is 0.833. The molecule has 3 unspecified atom stereocenters. The molecular weight excluding hydrogens is 160 g/mol. The van der Waals surface area contributed by atoms with Gasteiger partial charge < -0.3 is 4.74 Å². The maximum atomic E-state index is 5.57. The molecule has 1 saturated carbocycles. The lowest BCUT2D eigenvalue weighted by Crippen LogP contribution is -2.33. The lowest BCUT2D eigenvalue weighted by molar-refractivity contribution is 0.0159. The van der Waals surface area contributed by atoms with Crippen molar-refractivity contribution in [3.05, 3.63) is 12.8 Å². The Balaban J connectivity index is 2.54. The first kappa shape index (κ1) is 10.6. The Morgan fingerprint density at radius 1 is 1.38 bits per heavy atom. The molecule has 0 amide bonds. The van der Waals surface area contributed by atoms with E-state index in [-0.39, 0.29) is 0 Å². The Bertz CT molecular complexity index is 163. The molecule has 1 aliphatic rings. The normalized spacial score (nSPS) is 34.6. The van der Waals surface area contributed by atoms with Gasteiger partial charge in [0.15, 0.2) is 0 Å². The summed E-state index contributed by atoms with van der Waals surface area (Å²) in [6.45, 7) is 10.6. The largest absolute Gasteiger partial charge is 0.498 e. The molecule has 1 heteroatoms. The molecule has 1 aliphatic carbocycles. The predicted molar refractivity (Wildman–Crippen MR) is 56.4 cm³/mol. The molecule has 13 heavy (non-hydrogen) atoms. The zero-order chi connectivity index (χ0) is 9.84. The molecule has 0 spiro atoms. The molecule has 1 fully saturated rings. The Morgan fingerprint density at radius 2 is 2.08 bits per heavy atom. The molecule has 1 nitrogen and oxygen atoms in total. The predicted octanol–water partition coefficient (Wildman–Crippen LogP) is 3.61. The molecular formula is C12H22O. The van der Waals surface area contributed by atoms with Crippen LogP contribution in [0.1, 0.15) is 40.0 Å². The van der Waals surface area contributed by atoms with Crippen molar-refractivity contribution < 1.29 is 4.74 Å². The van der Waals surface area contributed by atoms with Crippen molar-refractivity contribution in [3.8, 4) is 0 Å². The van der Waals surface area contributed by atoms with Gasteiger partial charge in [0.05, 0.1) is 6.26 Å². The van der Waals surface area contributed by atoms with Crippen molar-refractivity contribution in [2.45, 2.75) is 46.1 Å². The first-order valence-corrected chi connectivity index (χ1v) is 5.41. The van der Waals surface area contributed by atoms with Gasteiger partial charge in [0, 0.05) is 0 Å². The second-order valence-corrected chi connectivity index (χ2v) is 4.67. The minimum absolute atomic E-state index is 0.425. The Labute approximate surface area is 82.2 Å². The van der Waals surface area contributed by atoms with Gasteiger partial charge in [0.2, 0.25) is 0 Å². The summed E-state index contributed by atoms with van der Waals surface area (Å²) in [4.78, 5) is 0. The highest BCUT2D eigenvalue weighted by atomic mass is 16.5. The van der Waals surface area contributed by atoms with Gasteiger partial charge in [-0.25, -0.2) is 0 Å². The summed E-state index contributed by atoms with van der Waals surface area (Å²) in [6, 6.07) is 0. The molecule has 0 aromatic carbocycles. The minimum atomic E-state index is 0.425. The van der Waals surface area contributed by atoms with E-state index in [0.717, 1.165) is 17.8 Å². The molecule has 0 saturated heterocycles. The highest BCUT2D eigenvalue weighted by Gasteiger charge is 2.31. The monoisotopic (exact) mass is 182 g/mol. The molecule has 0 aromatic rings. The van der Waals surface area contributed by atoms with Crippen LogP contribution in [0.3, 0.4) is 0 Å². The van der Waals surface area contributed by atoms with Crippen LogP contribution in [0.4, 0.5) is 0 Å². The van der Waals surface area contributed by atoms with E-state index in [1.807, 2.05) is 0 Å². The van der Waals surface area contributed by atoms with Crippen LogP contribution in [0.2, 0.25) is 0 Å². The standard InChI is InChI=1S/C12H22O/c1-5-13-12-7-6-10(4)8-11(12)9(2)3/h5,9-12H,1,6-8H2,2-4H3. The fourth-order valence-corrected chi connectivity index (χ4v) is 2.39. The highest BCUT2D eigenvalue weighted by molar-refractivity contribution is 4.82.